The minimum absolute atomic E-state index is 0.00557. The highest BCUT2D eigenvalue weighted by molar-refractivity contribution is 5.40. The van der Waals surface area contributed by atoms with Gasteiger partial charge in [0.2, 0.25) is 5.95 Å². The van der Waals surface area contributed by atoms with Crippen molar-refractivity contribution in [1.29, 1.82) is 0 Å². The Hall–Kier alpha value is -1.40. The monoisotopic (exact) mass is 226 g/mol. The molecule has 0 aromatic carbocycles. The predicted octanol–water partition coefficient (Wildman–Crippen LogP) is 0.328. The van der Waals surface area contributed by atoms with Crippen molar-refractivity contribution in [3.8, 4) is 0 Å². The van der Waals surface area contributed by atoms with Gasteiger partial charge in [0.25, 0.3) is 0 Å². The van der Waals surface area contributed by atoms with Crippen LogP contribution in [-0.2, 0) is 4.74 Å². The Morgan fingerprint density at radius 1 is 1.56 bits per heavy atom. The molecule has 0 radical (unpaired) electrons. The van der Waals surface area contributed by atoms with E-state index in [4.69, 9.17) is 9.84 Å². The number of nitrogens with zero attached hydrogens (tertiary/aromatic N) is 2. The fourth-order valence-electron chi connectivity index (χ4n) is 1.23. The minimum Gasteiger partial charge on any atom is -0.394 e. The molecule has 90 valence electrons. The molecule has 6 nitrogen and oxygen atoms in total. The van der Waals surface area contributed by atoms with Crippen LogP contribution in [0.25, 0.3) is 0 Å². The molecule has 3 N–H and O–H groups in total. The zero-order valence-electron chi connectivity index (χ0n) is 9.60. The van der Waals surface area contributed by atoms with E-state index in [1.165, 1.54) is 0 Å². The fraction of sp³-hybridized carbons (Fsp3) is 0.600. The zero-order chi connectivity index (χ0) is 11.8. The highest BCUT2D eigenvalue weighted by atomic mass is 16.5. The van der Waals surface area contributed by atoms with Crippen molar-refractivity contribution in [2.75, 3.05) is 37.5 Å². The summed E-state index contributed by atoms with van der Waals surface area (Å²) in [4.78, 5) is 8.28. The first-order valence-electron chi connectivity index (χ1n) is 5.23. The van der Waals surface area contributed by atoms with E-state index in [1.54, 1.807) is 19.4 Å². The minimum atomic E-state index is -0.158. The SMILES string of the molecule is CCNc1nccc(NC(CO)COC)n1. The Labute approximate surface area is 95.1 Å². The molecule has 1 aromatic rings. The van der Waals surface area contributed by atoms with Gasteiger partial charge >= 0.3 is 0 Å². The van der Waals surface area contributed by atoms with E-state index in [0.29, 0.717) is 18.4 Å². The number of aromatic nitrogens is 2. The van der Waals surface area contributed by atoms with Gasteiger partial charge in [0, 0.05) is 19.9 Å². The largest absolute Gasteiger partial charge is 0.394 e. The van der Waals surface area contributed by atoms with E-state index in [9.17, 15) is 0 Å². The van der Waals surface area contributed by atoms with Crippen LogP contribution in [0.15, 0.2) is 12.3 Å². The number of aliphatic hydroxyl groups excluding tert-OH is 1. The number of anilines is 2. The van der Waals surface area contributed by atoms with E-state index in [-0.39, 0.29) is 12.6 Å². The van der Waals surface area contributed by atoms with Crippen LogP contribution in [0.3, 0.4) is 0 Å². The van der Waals surface area contributed by atoms with Crippen molar-refractivity contribution < 1.29 is 9.84 Å². The van der Waals surface area contributed by atoms with Gasteiger partial charge in [-0.05, 0) is 13.0 Å². The maximum Gasteiger partial charge on any atom is 0.224 e. The molecular weight excluding hydrogens is 208 g/mol. The number of methoxy groups -OCH3 is 1. The van der Waals surface area contributed by atoms with E-state index in [0.717, 1.165) is 6.54 Å². The second-order valence-corrected chi connectivity index (χ2v) is 3.27. The first kappa shape index (κ1) is 12.7. The number of nitrogens with one attached hydrogen (secondary N) is 2. The molecule has 0 fully saturated rings. The van der Waals surface area contributed by atoms with Crippen LogP contribution in [0.5, 0.6) is 0 Å². The fourth-order valence-corrected chi connectivity index (χ4v) is 1.23. The Morgan fingerprint density at radius 3 is 3.00 bits per heavy atom. The topological polar surface area (TPSA) is 79.3 Å². The predicted molar refractivity (Wildman–Crippen MR) is 62.6 cm³/mol. The summed E-state index contributed by atoms with van der Waals surface area (Å²) >= 11 is 0. The third-order valence-corrected chi connectivity index (χ3v) is 1.93. The summed E-state index contributed by atoms with van der Waals surface area (Å²) in [6.07, 6.45) is 1.66. The summed E-state index contributed by atoms with van der Waals surface area (Å²) < 4.78 is 4.96. The molecule has 0 aliphatic heterocycles. The Bertz CT molecular complexity index is 309. The van der Waals surface area contributed by atoms with Crippen LogP contribution >= 0.6 is 0 Å². The summed E-state index contributed by atoms with van der Waals surface area (Å²) in [5.41, 5.74) is 0. The summed E-state index contributed by atoms with van der Waals surface area (Å²) in [6, 6.07) is 1.59. The van der Waals surface area contributed by atoms with Crippen molar-refractivity contribution >= 4 is 11.8 Å². The molecule has 1 aromatic heterocycles. The lowest BCUT2D eigenvalue weighted by Gasteiger charge is -2.15. The summed E-state index contributed by atoms with van der Waals surface area (Å²) in [6.45, 7) is 3.17. The van der Waals surface area contributed by atoms with Crippen molar-refractivity contribution in [2.24, 2.45) is 0 Å². The van der Waals surface area contributed by atoms with E-state index < -0.39 is 0 Å². The maximum absolute atomic E-state index is 9.09. The highest BCUT2D eigenvalue weighted by Crippen LogP contribution is 2.07. The van der Waals surface area contributed by atoms with Gasteiger partial charge in [-0.2, -0.15) is 4.98 Å². The molecule has 1 heterocycles. The molecule has 0 saturated heterocycles. The Kier molecular flexibility index (Phi) is 5.52. The van der Waals surface area contributed by atoms with E-state index in [1.807, 2.05) is 6.92 Å². The summed E-state index contributed by atoms with van der Waals surface area (Å²) in [7, 11) is 1.59. The number of ether oxygens (including phenoxy) is 1. The van der Waals surface area contributed by atoms with Crippen LogP contribution in [0.4, 0.5) is 11.8 Å². The number of aliphatic hydroxyl groups is 1. The molecular formula is C10H18N4O2. The normalized spacial score (nSPS) is 12.2. The lowest BCUT2D eigenvalue weighted by Crippen LogP contribution is -2.29. The first-order chi connectivity index (χ1) is 7.80. The van der Waals surface area contributed by atoms with Crippen LogP contribution < -0.4 is 10.6 Å². The molecule has 0 aliphatic carbocycles. The lowest BCUT2D eigenvalue weighted by molar-refractivity contribution is 0.153. The Morgan fingerprint density at radius 2 is 2.38 bits per heavy atom. The van der Waals surface area contributed by atoms with Crippen molar-refractivity contribution in [3.05, 3.63) is 12.3 Å². The molecule has 6 heteroatoms. The van der Waals surface area contributed by atoms with Gasteiger partial charge in [0.15, 0.2) is 0 Å². The molecule has 0 amide bonds. The lowest BCUT2D eigenvalue weighted by atomic mass is 10.3. The number of hydrogen-bond donors (Lipinski definition) is 3. The van der Waals surface area contributed by atoms with Gasteiger partial charge in [-0.15, -0.1) is 0 Å². The smallest absolute Gasteiger partial charge is 0.224 e. The van der Waals surface area contributed by atoms with E-state index in [2.05, 4.69) is 20.6 Å². The van der Waals surface area contributed by atoms with Crippen molar-refractivity contribution in [3.63, 3.8) is 0 Å². The number of rotatable bonds is 7. The second kappa shape index (κ2) is 6.97. The molecule has 16 heavy (non-hydrogen) atoms. The van der Waals surface area contributed by atoms with Crippen LogP contribution in [0.1, 0.15) is 6.92 Å². The van der Waals surface area contributed by atoms with Gasteiger partial charge < -0.3 is 20.5 Å². The standard InChI is InChI=1S/C10H18N4O2/c1-3-11-10-12-5-4-9(14-10)13-8(6-15)7-16-2/h4-5,8,15H,3,6-7H2,1-2H3,(H2,11,12,13,14). The van der Waals surface area contributed by atoms with Crippen LogP contribution in [0, 0.1) is 0 Å². The zero-order valence-corrected chi connectivity index (χ0v) is 9.60. The molecule has 0 spiro atoms. The van der Waals surface area contributed by atoms with Gasteiger partial charge in [-0.3, -0.25) is 0 Å². The first-order valence-corrected chi connectivity index (χ1v) is 5.23. The van der Waals surface area contributed by atoms with Gasteiger partial charge in [-0.1, -0.05) is 0 Å². The maximum atomic E-state index is 9.09. The third kappa shape index (κ3) is 4.00. The number of hydrogen-bond acceptors (Lipinski definition) is 6. The second-order valence-electron chi connectivity index (χ2n) is 3.27. The van der Waals surface area contributed by atoms with Crippen molar-refractivity contribution in [2.45, 2.75) is 13.0 Å². The van der Waals surface area contributed by atoms with Crippen molar-refractivity contribution in [1.82, 2.24) is 9.97 Å². The van der Waals surface area contributed by atoms with Gasteiger partial charge in [0.1, 0.15) is 5.82 Å². The molecule has 1 unspecified atom stereocenters. The third-order valence-electron chi connectivity index (χ3n) is 1.93. The quantitative estimate of drug-likeness (QED) is 0.621. The Balaban J connectivity index is 2.60. The molecule has 0 aliphatic rings. The average molecular weight is 226 g/mol. The average Bonchev–Trinajstić information content (AvgIpc) is 2.29. The molecule has 1 atom stereocenters. The molecule has 1 rings (SSSR count). The van der Waals surface area contributed by atoms with Gasteiger partial charge in [0.05, 0.1) is 19.3 Å². The highest BCUT2D eigenvalue weighted by Gasteiger charge is 2.07. The van der Waals surface area contributed by atoms with Crippen LogP contribution in [0.2, 0.25) is 0 Å². The summed E-state index contributed by atoms with van der Waals surface area (Å²) in [5, 5.41) is 15.2. The van der Waals surface area contributed by atoms with Gasteiger partial charge in [-0.25, -0.2) is 4.98 Å². The van der Waals surface area contributed by atoms with Crippen LogP contribution in [-0.4, -0.2) is 48.0 Å². The van der Waals surface area contributed by atoms with E-state index >= 15 is 0 Å². The molecule has 0 saturated carbocycles. The molecule has 0 bridgehead atoms. The summed E-state index contributed by atoms with van der Waals surface area (Å²) in [5.74, 6) is 1.24.